The van der Waals surface area contributed by atoms with Gasteiger partial charge in [-0.15, -0.1) is 0 Å². The summed E-state index contributed by atoms with van der Waals surface area (Å²) in [5.74, 6) is 0.423. The summed E-state index contributed by atoms with van der Waals surface area (Å²) in [6.07, 6.45) is 16.8. The first kappa shape index (κ1) is 17.7. The van der Waals surface area contributed by atoms with E-state index in [1.807, 2.05) is 12.2 Å². The maximum atomic E-state index is 12.1. The van der Waals surface area contributed by atoms with Crippen LogP contribution in [0.25, 0.3) is 0 Å². The number of fused-ring (bicyclic) bond motifs is 1. The summed E-state index contributed by atoms with van der Waals surface area (Å²) in [4.78, 5) is 24.1. The Labute approximate surface area is 138 Å². The monoisotopic (exact) mass is 316 g/mol. The van der Waals surface area contributed by atoms with Gasteiger partial charge in [0.1, 0.15) is 0 Å². The third kappa shape index (κ3) is 5.79. The van der Waals surface area contributed by atoms with Crippen LogP contribution >= 0.6 is 0 Å². The molecule has 1 aliphatic carbocycles. The number of allylic oxidation sites excluding steroid dienone is 5. The highest BCUT2D eigenvalue weighted by molar-refractivity contribution is 6.07. The SMILES string of the molecule is NCCCC[C@H]1C/C=C2/C(=O)C=C[C@@H]2C/C=C\CCCC(=O)N1. The van der Waals surface area contributed by atoms with Gasteiger partial charge in [-0.25, -0.2) is 0 Å². The Morgan fingerprint density at radius 3 is 2.87 bits per heavy atom. The third-order valence-corrected chi connectivity index (χ3v) is 4.49. The van der Waals surface area contributed by atoms with Crippen molar-refractivity contribution < 1.29 is 9.59 Å². The second-order valence-electron chi connectivity index (χ2n) is 6.37. The van der Waals surface area contributed by atoms with E-state index in [4.69, 9.17) is 5.73 Å². The Hall–Kier alpha value is -1.68. The summed E-state index contributed by atoms with van der Waals surface area (Å²) in [6.45, 7) is 0.678. The number of nitrogens with one attached hydrogen (secondary N) is 1. The lowest BCUT2D eigenvalue weighted by molar-refractivity contribution is -0.121. The largest absolute Gasteiger partial charge is 0.353 e. The zero-order chi connectivity index (χ0) is 16.5. The summed E-state index contributed by atoms with van der Waals surface area (Å²) in [7, 11) is 0. The molecular formula is C19H28N2O2. The zero-order valence-electron chi connectivity index (χ0n) is 13.8. The fourth-order valence-electron chi connectivity index (χ4n) is 3.14. The number of rotatable bonds is 4. The minimum absolute atomic E-state index is 0.101. The minimum Gasteiger partial charge on any atom is -0.353 e. The van der Waals surface area contributed by atoms with Crippen molar-refractivity contribution in [2.75, 3.05) is 6.54 Å². The average molecular weight is 316 g/mol. The summed E-state index contributed by atoms with van der Waals surface area (Å²) < 4.78 is 0. The second kappa shape index (κ2) is 9.46. The van der Waals surface area contributed by atoms with Crippen molar-refractivity contribution in [2.24, 2.45) is 11.7 Å². The van der Waals surface area contributed by atoms with Crippen LogP contribution < -0.4 is 11.1 Å². The van der Waals surface area contributed by atoms with Gasteiger partial charge in [0.25, 0.3) is 0 Å². The summed E-state index contributed by atoms with van der Waals surface area (Å²) >= 11 is 0. The molecule has 0 saturated heterocycles. The molecule has 1 aliphatic heterocycles. The molecule has 1 heterocycles. The van der Waals surface area contributed by atoms with Crippen LogP contribution in [-0.2, 0) is 9.59 Å². The van der Waals surface area contributed by atoms with Crippen LogP contribution in [0.2, 0.25) is 0 Å². The first-order valence-electron chi connectivity index (χ1n) is 8.77. The maximum absolute atomic E-state index is 12.1. The molecule has 0 radical (unpaired) electrons. The lowest BCUT2D eigenvalue weighted by Crippen LogP contribution is -2.34. The van der Waals surface area contributed by atoms with Crippen LogP contribution in [0.3, 0.4) is 0 Å². The molecule has 23 heavy (non-hydrogen) atoms. The molecule has 0 spiro atoms. The van der Waals surface area contributed by atoms with Crippen LogP contribution in [0.15, 0.2) is 36.0 Å². The number of hydrogen-bond acceptors (Lipinski definition) is 3. The number of carbonyl (C=O) groups is 2. The van der Waals surface area contributed by atoms with E-state index < -0.39 is 0 Å². The zero-order valence-corrected chi connectivity index (χ0v) is 13.8. The quantitative estimate of drug-likeness (QED) is 0.619. The predicted octanol–water partition coefficient (Wildman–Crippen LogP) is 2.80. The van der Waals surface area contributed by atoms with Crippen molar-refractivity contribution in [3.63, 3.8) is 0 Å². The topological polar surface area (TPSA) is 72.2 Å². The molecule has 0 unspecified atom stereocenters. The molecule has 2 rings (SSSR count). The van der Waals surface area contributed by atoms with E-state index in [-0.39, 0.29) is 23.7 Å². The fraction of sp³-hybridized carbons (Fsp3) is 0.579. The lowest BCUT2D eigenvalue weighted by atomic mass is 9.95. The summed E-state index contributed by atoms with van der Waals surface area (Å²) in [5.41, 5.74) is 6.44. The Balaban J connectivity index is 2.07. The smallest absolute Gasteiger partial charge is 0.220 e. The van der Waals surface area contributed by atoms with Crippen LogP contribution in [0.4, 0.5) is 0 Å². The molecule has 0 bridgehead atoms. The summed E-state index contributed by atoms with van der Waals surface area (Å²) in [6, 6.07) is 0.101. The third-order valence-electron chi connectivity index (χ3n) is 4.49. The van der Waals surface area contributed by atoms with Crippen molar-refractivity contribution in [2.45, 2.75) is 57.4 Å². The molecule has 0 aromatic rings. The second-order valence-corrected chi connectivity index (χ2v) is 6.37. The molecule has 0 aromatic carbocycles. The number of unbranched alkanes of at least 4 members (excludes halogenated alkanes) is 1. The molecular weight excluding hydrogens is 288 g/mol. The first-order chi connectivity index (χ1) is 11.2. The van der Waals surface area contributed by atoms with Crippen molar-refractivity contribution in [1.29, 1.82) is 0 Å². The van der Waals surface area contributed by atoms with Gasteiger partial charge in [0, 0.05) is 24.0 Å². The average Bonchev–Trinajstić information content (AvgIpc) is 2.88. The van der Waals surface area contributed by atoms with Gasteiger partial charge in [-0.2, -0.15) is 0 Å². The van der Waals surface area contributed by atoms with E-state index >= 15 is 0 Å². The number of nitrogens with two attached hydrogens (primary N) is 1. The van der Waals surface area contributed by atoms with Crippen molar-refractivity contribution in [3.05, 3.63) is 36.0 Å². The van der Waals surface area contributed by atoms with Crippen molar-refractivity contribution in [3.8, 4) is 0 Å². The van der Waals surface area contributed by atoms with Gasteiger partial charge in [-0.05, 0) is 51.1 Å². The molecule has 0 fully saturated rings. The van der Waals surface area contributed by atoms with E-state index in [2.05, 4.69) is 17.5 Å². The van der Waals surface area contributed by atoms with Gasteiger partial charge in [-0.1, -0.05) is 30.7 Å². The van der Waals surface area contributed by atoms with E-state index in [1.165, 1.54) is 0 Å². The van der Waals surface area contributed by atoms with E-state index in [0.29, 0.717) is 13.0 Å². The number of amides is 1. The van der Waals surface area contributed by atoms with Gasteiger partial charge in [0.05, 0.1) is 0 Å². The molecule has 2 atom stereocenters. The van der Waals surface area contributed by atoms with Crippen LogP contribution in [0, 0.1) is 5.92 Å². The predicted molar refractivity (Wildman–Crippen MR) is 92.8 cm³/mol. The standard InChI is InChI=1S/C19H28N2O2/c20-14-6-5-8-16-11-12-17-15(10-13-18(17)22)7-3-1-2-4-9-19(23)21-16/h1,3,10,12-13,15-16H,2,4-9,11,14,20H2,(H,21,23)/b3-1-,17-12+/t15-,16-/m0/s1. The van der Waals surface area contributed by atoms with Crippen molar-refractivity contribution >= 4 is 11.7 Å². The van der Waals surface area contributed by atoms with E-state index in [1.54, 1.807) is 6.08 Å². The van der Waals surface area contributed by atoms with Crippen LogP contribution in [0.1, 0.15) is 51.4 Å². The van der Waals surface area contributed by atoms with E-state index in [0.717, 1.165) is 50.5 Å². The summed E-state index contributed by atoms with van der Waals surface area (Å²) in [5, 5.41) is 3.13. The molecule has 126 valence electrons. The molecule has 2 aliphatic rings. The van der Waals surface area contributed by atoms with Gasteiger partial charge in [-0.3, -0.25) is 9.59 Å². The minimum atomic E-state index is 0.101. The van der Waals surface area contributed by atoms with Crippen LogP contribution in [-0.4, -0.2) is 24.3 Å². The Morgan fingerprint density at radius 2 is 2.04 bits per heavy atom. The number of carbonyl (C=O) groups excluding carboxylic acids is 2. The highest BCUT2D eigenvalue weighted by Crippen LogP contribution is 2.26. The Morgan fingerprint density at radius 1 is 1.17 bits per heavy atom. The van der Waals surface area contributed by atoms with Crippen LogP contribution in [0.5, 0.6) is 0 Å². The van der Waals surface area contributed by atoms with E-state index in [9.17, 15) is 9.59 Å². The highest BCUT2D eigenvalue weighted by Gasteiger charge is 2.22. The molecule has 4 heteroatoms. The molecule has 1 amide bonds. The number of hydrogen-bond donors (Lipinski definition) is 2. The molecule has 4 nitrogen and oxygen atoms in total. The Kier molecular flexibility index (Phi) is 7.27. The molecule has 3 N–H and O–H groups in total. The molecule has 0 aromatic heterocycles. The normalized spacial score (nSPS) is 29.5. The maximum Gasteiger partial charge on any atom is 0.220 e. The van der Waals surface area contributed by atoms with Gasteiger partial charge < -0.3 is 11.1 Å². The van der Waals surface area contributed by atoms with Gasteiger partial charge in [0.2, 0.25) is 5.91 Å². The van der Waals surface area contributed by atoms with Gasteiger partial charge >= 0.3 is 0 Å². The Bertz CT molecular complexity index is 505. The fourth-order valence-corrected chi connectivity index (χ4v) is 3.14. The first-order valence-corrected chi connectivity index (χ1v) is 8.77. The van der Waals surface area contributed by atoms with Gasteiger partial charge in [0.15, 0.2) is 5.78 Å². The van der Waals surface area contributed by atoms with Crippen molar-refractivity contribution in [1.82, 2.24) is 5.32 Å². The highest BCUT2D eigenvalue weighted by atomic mass is 16.1. The lowest BCUT2D eigenvalue weighted by Gasteiger charge is -2.18. The number of ketones is 1. The molecule has 0 saturated carbocycles.